The van der Waals surface area contributed by atoms with Gasteiger partial charge < -0.3 is 4.74 Å². The molecule has 3 nitrogen and oxygen atoms in total. The number of allylic oxidation sites excluding steroid dienone is 1. The number of Topliss-reactive ketones (excluding diaryl/α,β-unsaturated/α-hetero) is 1. The number of nitriles is 1. The largest absolute Gasteiger partial charge is 0.497 e. The zero-order valence-electron chi connectivity index (χ0n) is 11.6. The number of methoxy groups -OCH3 is 1. The molecule has 0 aromatic heterocycles. The Bertz CT molecular complexity index is 791. The number of hydrogen-bond acceptors (Lipinski definition) is 3. The van der Waals surface area contributed by atoms with Gasteiger partial charge in [0.1, 0.15) is 17.4 Å². The SMILES string of the molecule is COc1cccc(C(=O)/C(C#N)=C/c2ccc(Cl)c(Cl)c2)c1. The number of rotatable bonds is 4. The number of nitrogens with zero attached hydrogens (tertiary/aromatic N) is 1. The van der Waals surface area contributed by atoms with E-state index in [1.807, 2.05) is 6.07 Å². The molecule has 0 unspecified atom stereocenters. The average Bonchev–Trinajstić information content (AvgIpc) is 2.55. The molecule has 0 atom stereocenters. The number of halogens is 2. The van der Waals surface area contributed by atoms with Crippen LogP contribution >= 0.6 is 23.2 Å². The molecule has 0 aliphatic carbocycles. The number of ketones is 1. The Morgan fingerprint density at radius 3 is 2.59 bits per heavy atom. The van der Waals surface area contributed by atoms with Gasteiger partial charge in [0.15, 0.2) is 0 Å². The molecule has 0 aliphatic rings. The third-order valence-corrected chi connectivity index (χ3v) is 3.69. The first kappa shape index (κ1) is 16.1. The topological polar surface area (TPSA) is 50.1 Å². The van der Waals surface area contributed by atoms with Crippen molar-refractivity contribution >= 4 is 35.1 Å². The standard InChI is InChI=1S/C17H11Cl2NO2/c1-22-14-4-2-3-12(9-14)17(21)13(10-20)7-11-5-6-15(18)16(19)8-11/h2-9H,1H3/b13-7+. The van der Waals surface area contributed by atoms with Crippen LogP contribution in [0.2, 0.25) is 10.0 Å². The van der Waals surface area contributed by atoms with Gasteiger partial charge in [-0.15, -0.1) is 0 Å². The lowest BCUT2D eigenvalue weighted by Gasteiger charge is -2.03. The highest BCUT2D eigenvalue weighted by Crippen LogP contribution is 2.24. The summed E-state index contributed by atoms with van der Waals surface area (Å²) in [6.45, 7) is 0. The molecule has 2 rings (SSSR count). The lowest BCUT2D eigenvalue weighted by molar-refractivity contribution is 0.103. The fraction of sp³-hybridized carbons (Fsp3) is 0.0588. The molecule has 0 N–H and O–H groups in total. The van der Waals surface area contributed by atoms with Crippen LogP contribution in [0.4, 0.5) is 0 Å². The van der Waals surface area contributed by atoms with Crippen LogP contribution in [0, 0.1) is 11.3 Å². The number of hydrogen-bond donors (Lipinski definition) is 0. The van der Waals surface area contributed by atoms with Gasteiger partial charge in [0.2, 0.25) is 5.78 Å². The molecule has 110 valence electrons. The van der Waals surface area contributed by atoms with Gasteiger partial charge >= 0.3 is 0 Å². The van der Waals surface area contributed by atoms with E-state index in [4.69, 9.17) is 27.9 Å². The molecule has 0 spiro atoms. The predicted octanol–water partition coefficient (Wildman–Crippen LogP) is 4.79. The lowest BCUT2D eigenvalue weighted by Crippen LogP contribution is -2.02. The first-order valence-corrected chi connectivity index (χ1v) is 7.06. The van der Waals surface area contributed by atoms with Gasteiger partial charge in [-0.2, -0.15) is 5.26 Å². The van der Waals surface area contributed by atoms with Crippen molar-refractivity contribution in [1.82, 2.24) is 0 Å². The summed E-state index contributed by atoms with van der Waals surface area (Å²) in [6, 6.07) is 13.4. The third-order valence-electron chi connectivity index (χ3n) is 2.95. The van der Waals surface area contributed by atoms with Crippen LogP contribution in [-0.2, 0) is 0 Å². The van der Waals surface area contributed by atoms with Crippen molar-refractivity contribution in [2.24, 2.45) is 0 Å². The van der Waals surface area contributed by atoms with Gasteiger partial charge in [0.05, 0.1) is 17.2 Å². The summed E-state index contributed by atoms with van der Waals surface area (Å²) in [4.78, 5) is 12.4. The number of carbonyl (C=O) groups is 1. The van der Waals surface area contributed by atoms with Crippen molar-refractivity contribution in [3.63, 3.8) is 0 Å². The number of benzene rings is 2. The highest BCUT2D eigenvalue weighted by molar-refractivity contribution is 6.42. The van der Waals surface area contributed by atoms with Crippen molar-refractivity contribution in [1.29, 1.82) is 5.26 Å². The van der Waals surface area contributed by atoms with Crippen LogP contribution in [0.3, 0.4) is 0 Å². The normalized spacial score (nSPS) is 10.9. The Morgan fingerprint density at radius 1 is 1.18 bits per heavy atom. The van der Waals surface area contributed by atoms with Crippen LogP contribution < -0.4 is 4.74 Å². The van der Waals surface area contributed by atoms with E-state index in [9.17, 15) is 10.1 Å². The summed E-state index contributed by atoms with van der Waals surface area (Å²) in [5.41, 5.74) is 1.01. The van der Waals surface area contributed by atoms with Crippen LogP contribution in [-0.4, -0.2) is 12.9 Å². The molecular formula is C17H11Cl2NO2. The van der Waals surface area contributed by atoms with E-state index in [0.29, 0.717) is 26.9 Å². The quantitative estimate of drug-likeness (QED) is 0.459. The maximum atomic E-state index is 12.4. The number of carbonyl (C=O) groups excluding carboxylic acids is 1. The molecule has 22 heavy (non-hydrogen) atoms. The van der Waals surface area contributed by atoms with Crippen LogP contribution in [0.5, 0.6) is 5.75 Å². The fourth-order valence-electron chi connectivity index (χ4n) is 1.84. The zero-order valence-corrected chi connectivity index (χ0v) is 13.2. The Kier molecular flexibility index (Phi) is 5.21. The molecule has 2 aromatic carbocycles. The maximum Gasteiger partial charge on any atom is 0.203 e. The first-order chi connectivity index (χ1) is 10.5. The van der Waals surface area contributed by atoms with E-state index >= 15 is 0 Å². The molecule has 0 saturated carbocycles. The minimum atomic E-state index is -0.382. The second kappa shape index (κ2) is 7.13. The summed E-state index contributed by atoms with van der Waals surface area (Å²) in [5, 5.41) is 10.0. The minimum absolute atomic E-state index is 0.00615. The monoisotopic (exact) mass is 331 g/mol. The molecule has 0 fully saturated rings. The van der Waals surface area contributed by atoms with Crippen molar-refractivity contribution in [2.75, 3.05) is 7.11 Å². The van der Waals surface area contributed by atoms with Gasteiger partial charge in [-0.3, -0.25) is 4.79 Å². The van der Waals surface area contributed by atoms with E-state index in [2.05, 4.69) is 0 Å². The zero-order chi connectivity index (χ0) is 16.1. The minimum Gasteiger partial charge on any atom is -0.497 e. The molecule has 0 aliphatic heterocycles. The highest BCUT2D eigenvalue weighted by atomic mass is 35.5. The molecule has 2 aromatic rings. The van der Waals surface area contributed by atoms with Crippen LogP contribution in [0.25, 0.3) is 6.08 Å². The van der Waals surface area contributed by atoms with E-state index in [1.165, 1.54) is 13.2 Å². The number of ether oxygens (including phenoxy) is 1. The van der Waals surface area contributed by atoms with Gasteiger partial charge in [-0.25, -0.2) is 0 Å². The van der Waals surface area contributed by atoms with Crippen molar-refractivity contribution in [2.45, 2.75) is 0 Å². The van der Waals surface area contributed by atoms with E-state index in [0.717, 1.165) is 0 Å². The summed E-state index contributed by atoms with van der Waals surface area (Å²) in [7, 11) is 1.51. The molecule has 5 heteroatoms. The van der Waals surface area contributed by atoms with Crippen molar-refractivity contribution < 1.29 is 9.53 Å². The lowest BCUT2D eigenvalue weighted by atomic mass is 10.0. The average molecular weight is 332 g/mol. The molecule has 0 saturated heterocycles. The molecule has 0 radical (unpaired) electrons. The Hall–Kier alpha value is -2.28. The summed E-state index contributed by atoms with van der Waals surface area (Å²) in [6.07, 6.45) is 1.48. The Balaban J connectivity index is 2.38. The summed E-state index contributed by atoms with van der Waals surface area (Å²) < 4.78 is 5.08. The second-order valence-electron chi connectivity index (χ2n) is 4.40. The van der Waals surface area contributed by atoms with Crippen molar-refractivity contribution in [3.05, 3.63) is 69.2 Å². The van der Waals surface area contributed by atoms with Crippen LogP contribution in [0.1, 0.15) is 15.9 Å². The Morgan fingerprint density at radius 2 is 1.95 bits per heavy atom. The third kappa shape index (κ3) is 3.67. The molecule has 0 heterocycles. The molecule has 0 bridgehead atoms. The fourth-order valence-corrected chi connectivity index (χ4v) is 2.14. The first-order valence-electron chi connectivity index (χ1n) is 6.30. The van der Waals surface area contributed by atoms with Gasteiger partial charge in [0.25, 0.3) is 0 Å². The van der Waals surface area contributed by atoms with E-state index in [-0.39, 0.29) is 11.4 Å². The smallest absolute Gasteiger partial charge is 0.203 e. The van der Waals surface area contributed by atoms with Crippen LogP contribution in [0.15, 0.2) is 48.0 Å². The van der Waals surface area contributed by atoms with Gasteiger partial charge in [-0.1, -0.05) is 41.4 Å². The summed E-state index contributed by atoms with van der Waals surface area (Å²) >= 11 is 11.8. The molecular weight excluding hydrogens is 321 g/mol. The van der Waals surface area contributed by atoms with Gasteiger partial charge in [0, 0.05) is 5.56 Å². The van der Waals surface area contributed by atoms with Crippen molar-refractivity contribution in [3.8, 4) is 11.8 Å². The summed E-state index contributed by atoms with van der Waals surface area (Å²) in [5.74, 6) is 0.171. The maximum absolute atomic E-state index is 12.4. The highest BCUT2D eigenvalue weighted by Gasteiger charge is 2.13. The van der Waals surface area contributed by atoms with Gasteiger partial charge in [-0.05, 0) is 35.9 Å². The van der Waals surface area contributed by atoms with E-state index in [1.54, 1.807) is 42.5 Å². The second-order valence-corrected chi connectivity index (χ2v) is 5.22. The predicted molar refractivity (Wildman–Crippen MR) is 87.4 cm³/mol. The Labute approximate surface area is 138 Å². The van der Waals surface area contributed by atoms with E-state index < -0.39 is 0 Å². The molecule has 0 amide bonds.